The molecule has 1 amide bonds. The van der Waals surface area contributed by atoms with Gasteiger partial charge in [0, 0.05) is 18.8 Å². The summed E-state index contributed by atoms with van der Waals surface area (Å²) in [6.07, 6.45) is 2.69. The summed E-state index contributed by atoms with van der Waals surface area (Å²) in [4.78, 5) is 26.8. The van der Waals surface area contributed by atoms with Crippen molar-refractivity contribution in [3.05, 3.63) is 65.2 Å². The molecule has 1 N–H and O–H groups in total. The van der Waals surface area contributed by atoms with E-state index in [0.29, 0.717) is 12.2 Å². The predicted octanol–water partition coefficient (Wildman–Crippen LogP) is 4.52. The van der Waals surface area contributed by atoms with Gasteiger partial charge in [0.25, 0.3) is 0 Å². The number of rotatable bonds is 7. The van der Waals surface area contributed by atoms with Gasteiger partial charge in [-0.05, 0) is 61.9 Å². The highest BCUT2D eigenvalue weighted by Gasteiger charge is 2.21. The van der Waals surface area contributed by atoms with Crippen LogP contribution in [0, 0.1) is 5.92 Å². The van der Waals surface area contributed by atoms with E-state index in [9.17, 15) is 9.59 Å². The van der Waals surface area contributed by atoms with Gasteiger partial charge in [0.05, 0.1) is 24.6 Å². The van der Waals surface area contributed by atoms with Crippen LogP contribution in [0.1, 0.15) is 61.1 Å². The normalized spacial score (nSPS) is 15.5. The van der Waals surface area contributed by atoms with Crippen molar-refractivity contribution in [3.8, 4) is 0 Å². The summed E-state index contributed by atoms with van der Waals surface area (Å²) < 4.78 is 5.00. The smallest absolute Gasteiger partial charge is 0.338 e. The number of ether oxygens (including phenoxy) is 1. The second kappa shape index (κ2) is 10.3. The van der Waals surface area contributed by atoms with E-state index in [1.165, 1.54) is 18.5 Å². The van der Waals surface area contributed by atoms with Gasteiger partial charge in [-0.15, -0.1) is 0 Å². The van der Waals surface area contributed by atoms with E-state index < -0.39 is 0 Å². The van der Waals surface area contributed by atoms with Crippen LogP contribution in [0.2, 0.25) is 0 Å². The van der Waals surface area contributed by atoms with E-state index in [4.69, 9.17) is 4.74 Å². The first-order chi connectivity index (χ1) is 14.5. The Hall–Kier alpha value is -2.82. The van der Waals surface area contributed by atoms with Crippen LogP contribution >= 0.6 is 0 Å². The minimum absolute atomic E-state index is 0.0338. The van der Waals surface area contributed by atoms with Crippen molar-refractivity contribution in [2.24, 2.45) is 5.92 Å². The molecule has 1 aliphatic heterocycles. The molecular weight excluding hydrogens is 376 g/mol. The third-order valence-electron chi connectivity index (χ3n) is 5.73. The number of benzene rings is 2. The molecule has 0 radical (unpaired) electrons. The maximum Gasteiger partial charge on any atom is 0.338 e. The Morgan fingerprint density at radius 3 is 2.43 bits per heavy atom. The molecule has 1 fully saturated rings. The van der Waals surface area contributed by atoms with Crippen LogP contribution in [-0.4, -0.2) is 31.6 Å². The van der Waals surface area contributed by atoms with Gasteiger partial charge in [0.15, 0.2) is 0 Å². The maximum absolute atomic E-state index is 12.6. The molecule has 1 unspecified atom stereocenters. The number of hydrogen-bond donors (Lipinski definition) is 1. The summed E-state index contributed by atoms with van der Waals surface area (Å²) >= 11 is 0. The van der Waals surface area contributed by atoms with E-state index in [-0.39, 0.29) is 24.3 Å². The zero-order valence-corrected chi connectivity index (χ0v) is 18.2. The first-order valence-corrected chi connectivity index (χ1v) is 10.9. The molecule has 2 aromatic rings. The Morgan fingerprint density at radius 1 is 1.10 bits per heavy atom. The zero-order valence-electron chi connectivity index (χ0n) is 18.2. The van der Waals surface area contributed by atoms with Crippen LogP contribution in [0.5, 0.6) is 0 Å². The van der Waals surface area contributed by atoms with Crippen molar-refractivity contribution >= 4 is 17.6 Å². The summed E-state index contributed by atoms with van der Waals surface area (Å²) in [5.74, 6) is 0.403. The summed E-state index contributed by atoms with van der Waals surface area (Å²) in [6, 6.07) is 15.3. The molecule has 5 nitrogen and oxygen atoms in total. The highest BCUT2D eigenvalue weighted by Crippen LogP contribution is 2.30. The van der Waals surface area contributed by atoms with Gasteiger partial charge in [-0.3, -0.25) is 4.79 Å². The number of carbonyl (C=O) groups excluding carboxylic acids is 2. The number of para-hydroxylation sites is 1. The fourth-order valence-electron chi connectivity index (χ4n) is 3.92. The van der Waals surface area contributed by atoms with Crippen LogP contribution in [-0.2, 0) is 16.0 Å². The lowest BCUT2D eigenvalue weighted by Gasteiger charge is -2.34. The molecule has 1 aliphatic rings. The molecule has 1 saturated heterocycles. The number of carbonyl (C=O) groups is 2. The number of piperidine rings is 1. The molecule has 0 bridgehead atoms. The van der Waals surface area contributed by atoms with Gasteiger partial charge < -0.3 is 15.0 Å². The van der Waals surface area contributed by atoms with Crippen molar-refractivity contribution in [2.45, 2.75) is 46.1 Å². The lowest BCUT2D eigenvalue weighted by molar-refractivity contribution is -0.121. The molecule has 0 spiro atoms. The van der Waals surface area contributed by atoms with E-state index in [2.05, 4.69) is 35.3 Å². The fraction of sp³-hybridized carbons (Fsp3) is 0.440. The molecule has 0 aliphatic carbocycles. The number of amides is 1. The number of hydrogen-bond acceptors (Lipinski definition) is 4. The number of esters is 1. The van der Waals surface area contributed by atoms with Gasteiger partial charge in [-0.1, -0.05) is 37.3 Å². The lowest BCUT2D eigenvalue weighted by Crippen LogP contribution is -2.35. The second-order valence-corrected chi connectivity index (χ2v) is 8.11. The van der Waals surface area contributed by atoms with E-state index in [1.807, 2.05) is 13.0 Å². The first-order valence-electron chi connectivity index (χ1n) is 10.9. The Labute approximate surface area is 179 Å². The Morgan fingerprint density at radius 2 is 1.77 bits per heavy atom. The van der Waals surface area contributed by atoms with Crippen molar-refractivity contribution in [1.29, 1.82) is 0 Å². The monoisotopic (exact) mass is 408 g/mol. The maximum atomic E-state index is 12.6. The van der Waals surface area contributed by atoms with Crippen molar-refractivity contribution in [2.75, 3.05) is 24.6 Å². The second-order valence-electron chi connectivity index (χ2n) is 8.11. The molecular formula is C25H32N2O3. The van der Waals surface area contributed by atoms with Gasteiger partial charge in [-0.2, -0.15) is 0 Å². The van der Waals surface area contributed by atoms with Crippen LogP contribution in [0.3, 0.4) is 0 Å². The third kappa shape index (κ3) is 5.62. The predicted molar refractivity (Wildman–Crippen MR) is 120 cm³/mol. The first kappa shape index (κ1) is 21.9. The van der Waals surface area contributed by atoms with Crippen LogP contribution in [0.25, 0.3) is 0 Å². The summed E-state index contributed by atoms with van der Waals surface area (Å²) in [7, 11) is 0. The minimum atomic E-state index is -0.342. The quantitative estimate of drug-likeness (QED) is 0.685. The largest absolute Gasteiger partial charge is 0.462 e. The molecule has 30 heavy (non-hydrogen) atoms. The molecule has 0 aromatic heterocycles. The molecule has 1 heterocycles. The van der Waals surface area contributed by atoms with Crippen LogP contribution in [0.15, 0.2) is 48.5 Å². The number of nitrogens with one attached hydrogen (secondary N) is 1. The highest BCUT2D eigenvalue weighted by atomic mass is 16.5. The average molecular weight is 409 g/mol. The summed E-state index contributed by atoms with van der Waals surface area (Å²) in [6.45, 7) is 8.59. The lowest BCUT2D eigenvalue weighted by atomic mass is 9.97. The van der Waals surface area contributed by atoms with Crippen molar-refractivity contribution in [1.82, 2.24) is 5.32 Å². The molecule has 5 heteroatoms. The zero-order chi connectivity index (χ0) is 21.5. The van der Waals surface area contributed by atoms with Gasteiger partial charge in [0.2, 0.25) is 5.91 Å². The molecule has 0 saturated carbocycles. The Kier molecular flexibility index (Phi) is 7.50. The highest BCUT2D eigenvalue weighted by molar-refractivity contribution is 5.89. The SMILES string of the molecule is CCOC(=O)c1ccc(CC(=O)NC(C)c2ccccc2N2CCC(C)CC2)cc1. The Balaban J connectivity index is 1.61. The van der Waals surface area contributed by atoms with Gasteiger partial charge >= 0.3 is 5.97 Å². The molecule has 160 valence electrons. The molecule has 1 atom stereocenters. The average Bonchev–Trinajstić information content (AvgIpc) is 2.75. The van der Waals surface area contributed by atoms with E-state index in [1.54, 1.807) is 31.2 Å². The van der Waals surface area contributed by atoms with Crippen molar-refractivity contribution in [3.63, 3.8) is 0 Å². The topological polar surface area (TPSA) is 58.6 Å². The van der Waals surface area contributed by atoms with Crippen LogP contribution < -0.4 is 10.2 Å². The van der Waals surface area contributed by atoms with Gasteiger partial charge in [-0.25, -0.2) is 4.79 Å². The number of nitrogens with zero attached hydrogens (tertiary/aromatic N) is 1. The third-order valence-corrected chi connectivity index (χ3v) is 5.73. The standard InChI is InChI=1S/C25H32N2O3/c1-4-30-25(29)21-11-9-20(10-12-21)17-24(28)26-19(3)22-7-5-6-8-23(22)27-15-13-18(2)14-16-27/h5-12,18-19H,4,13-17H2,1-3H3,(H,26,28). The minimum Gasteiger partial charge on any atom is -0.462 e. The summed E-state index contributed by atoms with van der Waals surface area (Å²) in [5, 5.41) is 3.13. The molecule has 2 aromatic carbocycles. The van der Waals surface area contributed by atoms with Crippen molar-refractivity contribution < 1.29 is 14.3 Å². The molecule has 3 rings (SSSR count). The summed E-state index contributed by atoms with van der Waals surface area (Å²) in [5.41, 5.74) is 3.74. The van der Waals surface area contributed by atoms with E-state index >= 15 is 0 Å². The van der Waals surface area contributed by atoms with Crippen LogP contribution in [0.4, 0.5) is 5.69 Å². The Bertz CT molecular complexity index is 855. The number of anilines is 1. The van der Waals surface area contributed by atoms with Gasteiger partial charge in [0.1, 0.15) is 0 Å². The fourth-order valence-corrected chi connectivity index (χ4v) is 3.92. The van der Waals surface area contributed by atoms with E-state index in [0.717, 1.165) is 30.1 Å².